The molecular weight excluding hydrogens is 296 g/mol. The van der Waals surface area contributed by atoms with Crippen molar-refractivity contribution in [2.75, 3.05) is 20.1 Å². The van der Waals surface area contributed by atoms with Gasteiger partial charge >= 0.3 is 0 Å². The Labute approximate surface area is 129 Å². The quantitative estimate of drug-likeness (QED) is 0.887. The average Bonchev–Trinajstić information content (AvgIpc) is 2.97. The molecule has 0 aliphatic carbocycles. The Kier molecular flexibility index (Phi) is 6.13. The lowest BCUT2D eigenvalue weighted by molar-refractivity contribution is 0.189. The summed E-state index contributed by atoms with van der Waals surface area (Å²) in [6.45, 7) is 6.48. The number of nitrogens with two attached hydrogens (primary N) is 1. The lowest BCUT2D eigenvalue weighted by Gasteiger charge is -2.27. The van der Waals surface area contributed by atoms with E-state index in [-0.39, 0.29) is 17.8 Å². The number of halogens is 1. The Morgan fingerprint density at radius 2 is 2.20 bits per heavy atom. The van der Waals surface area contributed by atoms with Gasteiger partial charge in [-0.15, -0.1) is 12.4 Å². The van der Waals surface area contributed by atoms with Gasteiger partial charge in [-0.3, -0.25) is 4.90 Å². The van der Waals surface area contributed by atoms with Gasteiger partial charge in [-0.1, -0.05) is 19.0 Å². The summed E-state index contributed by atoms with van der Waals surface area (Å²) in [7, 11) is 2.03. The first kappa shape index (κ1) is 17.1. The Morgan fingerprint density at radius 1 is 1.45 bits per heavy atom. The van der Waals surface area contributed by atoms with Crippen molar-refractivity contribution in [1.82, 2.24) is 15.0 Å². The van der Waals surface area contributed by atoms with Crippen molar-refractivity contribution in [3.8, 4) is 11.4 Å². The topological polar surface area (TPSA) is 68.2 Å². The van der Waals surface area contributed by atoms with Crippen LogP contribution in [0, 0.1) is 5.41 Å². The fourth-order valence-corrected chi connectivity index (χ4v) is 2.54. The summed E-state index contributed by atoms with van der Waals surface area (Å²) in [5, 5.41) is 8.01. The summed E-state index contributed by atoms with van der Waals surface area (Å²) in [5.41, 5.74) is 6.83. The molecule has 0 atom stereocenters. The molecule has 2 rings (SSSR count). The zero-order valence-electron chi connectivity index (χ0n) is 12.0. The van der Waals surface area contributed by atoms with Gasteiger partial charge in [0.05, 0.1) is 6.54 Å². The Morgan fingerprint density at radius 3 is 2.80 bits per heavy atom. The molecule has 0 spiro atoms. The first-order chi connectivity index (χ1) is 9.00. The van der Waals surface area contributed by atoms with Crippen molar-refractivity contribution in [2.45, 2.75) is 20.4 Å². The highest BCUT2D eigenvalue weighted by atomic mass is 35.5. The van der Waals surface area contributed by atoms with Crippen molar-refractivity contribution in [3.05, 3.63) is 22.7 Å². The Hall–Kier alpha value is -0.950. The van der Waals surface area contributed by atoms with E-state index in [9.17, 15) is 0 Å². The number of aromatic nitrogens is 2. The largest absolute Gasteiger partial charge is 0.338 e. The molecule has 0 radical (unpaired) electrons. The molecule has 2 aromatic heterocycles. The molecule has 112 valence electrons. The molecule has 5 nitrogen and oxygen atoms in total. The first-order valence-electron chi connectivity index (χ1n) is 6.24. The fraction of sp³-hybridized carbons (Fsp3) is 0.538. The van der Waals surface area contributed by atoms with Gasteiger partial charge in [-0.2, -0.15) is 16.3 Å². The third-order valence-electron chi connectivity index (χ3n) is 2.90. The maximum Gasteiger partial charge on any atom is 0.241 e. The average molecular weight is 317 g/mol. The number of hydrogen-bond donors (Lipinski definition) is 1. The molecule has 7 heteroatoms. The van der Waals surface area contributed by atoms with Gasteiger partial charge in [0.25, 0.3) is 0 Å². The van der Waals surface area contributed by atoms with Crippen LogP contribution in [0.5, 0.6) is 0 Å². The van der Waals surface area contributed by atoms with Crippen LogP contribution < -0.4 is 5.73 Å². The molecule has 2 aromatic rings. The van der Waals surface area contributed by atoms with Crippen molar-refractivity contribution in [2.24, 2.45) is 11.1 Å². The highest BCUT2D eigenvalue weighted by molar-refractivity contribution is 7.08. The lowest BCUT2D eigenvalue weighted by Crippen LogP contribution is -2.36. The van der Waals surface area contributed by atoms with E-state index in [1.54, 1.807) is 11.3 Å². The molecular formula is C13H21ClN4OS. The van der Waals surface area contributed by atoms with E-state index in [2.05, 4.69) is 28.9 Å². The van der Waals surface area contributed by atoms with Gasteiger partial charge in [0.15, 0.2) is 0 Å². The third-order valence-corrected chi connectivity index (χ3v) is 3.59. The highest BCUT2D eigenvalue weighted by Crippen LogP contribution is 2.20. The van der Waals surface area contributed by atoms with Crippen molar-refractivity contribution < 1.29 is 4.52 Å². The molecule has 0 amide bonds. The third kappa shape index (κ3) is 4.56. The van der Waals surface area contributed by atoms with Crippen LogP contribution in [0.3, 0.4) is 0 Å². The second-order valence-electron chi connectivity index (χ2n) is 5.56. The maximum absolute atomic E-state index is 5.74. The summed E-state index contributed by atoms with van der Waals surface area (Å²) in [5.74, 6) is 1.29. The van der Waals surface area contributed by atoms with E-state index in [0.29, 0.717) is 24.8 Å². The zero-order valence-corrected chi connectivity index (χ0v) is 13.6. The SMILES string of the molecule is CN(Cc1nc(-c2ccsc2)no1)CC(C)(C)CN.Cl. The van der Waals surface area contributed by atoms with Crippen LogP contribution in [-0.2, 0) is 6.54 Å². The van der Waals surface area contributed by atoms with Gasteiger partial charge < -0.3 is 10.3 Å². The minimum Gasteiger partial charge on any atom is -0.338 e. The smallest absolute Gasteiger partial charge is 0.241 e. The molecule has 2 N–H and O–H groups in total. The molecule has 0 saturated carbocycles. The van der Waals surface area contributed by atoms with Gasteiger partial charge in [0.1, 0.15) is 0 Å². The highest BCUT2D eigenvalue weighted by Gasteiger charge is 2.19. The number of thiophene rings is 1. The van der Waals surface area contributed by atoms with Crippen LogP contribution in [0.15, 0.2) is 21.3 Å². The van der Waals surface area contributed by atoms with Crippen molar-refractivity contribution >= 4 is 23.7 Å². The molecule has 20 heavy (non-hydrogen) atoms. The maximum atomic E-state index is 5.74. The zero-order chi connectivity index (χ0) is 13.9. The predicted molar refractivity (Wildman–Crippen MR) is 84.0 cm³/mol. The minimum absolute atomic E-state index is 0. The van der Waals surface area contributed by atoms with Crippen molar-refractivity contribution in [3.63, 3.8) is 0 Å². The summed E-state index contributed by atoms with van der Waals surface area (Å²) in [6, 6.07) is 1.99. The second kappa shape index (κ2) is 7.17. The minimum atomic E-state index is 0. The number of hydrogen-bond acceptors (Lipinski definition) is 6. The van der Waals surface area contributed by atoms with E-state index >= 15 is 0 Å². The molecule has 0 aliphatic rings. The van der Waals surface area contributed by atoms with E-state index in [0.717, 1.165) is 12.1 Å². The summed E-state index contributed by atoms with van der Waals surface area (Å²) in [6.07, 6.45) is 0. The molecule has 0 fully saturated rings. The van der Waals surface area contributed by atoms with E-state index in [1.807, 2.05) is 23.9 Å². The van der Waals surface area contributed by atoms with Crippen LogP contribution in [0.1, 0.15) is 19.7 Å². The summed E-state index contributed by atoms with van der Waals surface area (Å²) < 4.78 is 5.28. The van der Waals surface area contributed by atoms with E-state index < -0.39 is 0 Å². The van der Waals surface area contributed by atoms with Crippen LogP contribution in [-0.4, -0.2) is 35.2 Å². The lowest BCUT2D eigenvalue weighted by atomic mass is 9.93. The summed E-state index contributed by atoms with van der Waals surface area (Å²) in [4.78, 5) is 6.56. The molecule has 0 unspecified atom stereocenters. The van der Waals surface area contributed by atoms with E-state index in [1.165, 1.54) is 0 Å². The monoisotopic (exact) mass is 316 g/mol. The van der Waals surface area contributed by atoms with Gasteiger partial charge in [0, 0.05) is 17.5 Å². The Bertz CT molecular complexity index is 512. The van der Waals surface area contributed by atoms with Crippen LogP contribution in [0.4, 0.5) is 0 Å². The molecule has 0 saturated heterocycles. The number of nitrogens with zero attached hydrogens (tertiary/aromatic N) is 3. The van der Waals surface area contributed by atoms with Gasteiger partial charge in [0.2, 0.25) is 11.7 Å². The molecule has 0 aromatic carbocycles. The molecule has 0 bridgehead atoms. The molecule has 0 aliphatic heterocycles. The van der Waals surface area contributed by atoms with Crippen LogP contribution in [0.2, 0.25) is 0 Å². The Balaban J connectivity index is 0.00000200. The molecule has 2 heterocycles. The summed E-state index contributed by atoms with van der Waals surface area (Å²) >= 11 is 1.62. The normalized spacial score (nSPS) is 11.7. The second-order valence-corrected chi connectivity index (χ2v) is 6.34. The van der Waals surface area contributed by atoms with Crippen LogP contribution >= 0.6 is 23.7 Å². The number of rotatable bonds is 6. The van der Waals surface area contributed by atoms with Gasteiger partial charge in [-0.25, -0.2) is 0 Å². The first-order valence-corrected chi connectivity index (χ1v) is 7.18. The van der Waals surface area contributed by atoms with Gasteiger partial charge in [-0.05, 0) is 30.5 Å². The van der Waals surface area contributed by atoms with E-state index in [4.69, 9.17) is 10.3 Å². The standard InChI is InChI=1S/C13H20N4OS.ClH/c1-13(2,8-14)9-17(3)6-11-15-12(16-18-11)10-4-5-19-7-10;/h4-5,7H,6,8-9,14H2,1-3H3;1H. The predicted octanol–water partition coefficient (Wildman–Crippen LogP) is 2.64. The van der Waals surface area contributed by atoms with Crippen LogP contribution in [0.25, 0.3) is 11.4 Å². The van der Waals surface area contributed by atoms with Crippen molar-refractivity contribution in [1.29, 1.82) is 0 Å². The fourth-order valence-electron chi connectivity index (χ4n) is 1.91.